The lowest BCUT2D eigenvalue weighted by Crippen LogP contribution is -2.15. The number of nitrogens with two attached hydrogens (primary N) is 1. The summed E-state index contributed by atoms with van der Waals surface area (Å²) in [4.78, 5) is 3.73. The first kappa shape index (κ1) is 15.1. The van der Waals surface area contributed by atoms with Crippen molar-refractivity contribution in [3.05, 3.63) is 42.7 Å². The van der Waals surface area contributed by atoms with Gasteiger partial charge in [0.15, 0.2) is 0 Å². The predicted molar refractivity (Wildman–Crippen MR) is 81.7 cm³/mol. The average Bonchev–Trinajstić information content (AvgIpc) is 2.38. The molecule has 0 unspecified atom stereocenters. The van der Waals surface area contributed by atoms with Gasteiger partial charge in [-0.3, -0.25) is 9.71 Å². The summed E-state index contributed by atoms with van der Waals surface area (Å²) in [5, 5.41) is 0. The maximum absolute atomic E-state index is 12.3. The highest BCUT2D eigenvalue weighted by molar-refractivity contribution is 7.92. The van der Waals surface area contributed by atoms with E-state index in [2.05, 4.69) is 9.71 Å². The van der Waals surface area contributed by atoms with Crippen LogP contribution < -0.4 is 15.2 Å². The summed E-state index contributed by atoms with van der Waals surface area (Å²) in [6.07, 6.45) is 2.66. The Hall–Kier alpha value is -2.28. The smallest absolute Gasteiger partial charge is 0.265 e. The molecule has 1 aromatic carbocycles. The number of nitrogens with one attached hydrogen (secondary N) is 1. The van der Waals surface area contributed by atoms with Crippen molar-refractivity contribution in [3.8, 4) is 5.75 Å². The molecule has 0 saturated heterocycles. The SMILES string of the molecule is CC(C)Oc1cccc(NS(=O)(=O)c2cnccc2N)c1. The Morgan fingerprint density at radius 3 is 2.71 bits per heavy atom. The van der Waals surface area contributed by atoms with Gasteiger partial charge in [-0.05, 0) is 32.0 Å². The van der Waals surface area contributed by atoms with Crippen LogP contribution in [-0.4, -0.2) is 19.5 Å². The van der Waals surface area contributed by atoms with E-state index in [1.807, 2.05) is 13.8 Å². The van der Waals surface area contributed by atoms with Gasteiger partial charge in [0.05, 0.1) is 17.5 Å². The largest absolute Gasteiger partial charge is 0.491 e. The maximum atomic E-state index is 12.3. The first-order valence-electron chi connectivity index (χ1n) is 6.37. The van der Waals surface area contributed by atoms with Crippen molar-refractivity contribution in [2.45, 2.75) is 24.8 Å². The van der Waals surface area contributed by atoms with Gasteiger partial charge in [0.25, 0.3) is 10.0 Å². The van der Waals surface area contributed by atoms with Crippen LogP contribution in [0.3, 0.4) is 0 Å². The van der Waals surface area contributed by atoms with E-state index in [1.165, 1.54) is 18.5 Å². The lowest BCUT2D eigenvalue weighted by atomic mass is 10.3. The van der Waals surface area contributed by atoms with Crippen molar-refractivity contribution < 1.29 is 13.2 Å². The van der Waals surface area contributed by atoms with Crippen LogP contribution in [0.1, 0.15) is 13.8 Å². The van der Waals surface area contributed by atoms with E-state index in [1.54, 1.807) is 24.3 Å². The zero-order valence-electron chi connectivity index (χ0n) is 11.8. The molecule has 0 aliphatic carbocycles. The van der Waals surface area contributed by atoms with Crippen molar-refractivity contribution >= 4 is 21.4 Å². The Labute approximate surface area is 124 Å². The third-order valence-electron chi connectivity index (χ3n) is 2.56. The van der Waals surface area contributed by atoms with Gasteiger partial charge >= 0.3 is 0 Å². The third kappa shape index (κ3) is 3.85. The topological polar surface area (TPSA) is 94.3 Å². The molecule has 0 radical (unpaired) electrons. The molecular formula is C14H17N3O3S. The van der Waals surface area contributed by atoms with Crippen LogP contribution >= 0.6 is 0 Å². The molecule has 1 aromatic heterocycles. The van der Waals surface area contributed by atoms with Crippen molar-refractivity contribution in [2.24, 2.45) is 0 Å². The van der Waals surface area contributed by atoms with E-state index in [-0.39, 0.29) is 16.7 Å². The molecule has 0 bridgehead atoms. The fourth-order valence-electron chi connectivity index (χ4n) is 1.73. The Morgan fingerprint density at radius 2 is 2.05 bits per heavy atom. The fourth-order valence-corrected chi connectivity index (χ4v) is 2.86. The quantitative estimate of drug-likeness (QED) is 0.883. The molecule has 1 heterocycles. The normalized spacial score (nSPS) is 11.4. The van der Waals surface area contributed by atoms with Gasteiger partial charge in [0.1, 0.15) is 10.6 Å². The second-order valence-corrected chi connectivity index (χ2v) is 6.36. The van der Waals surface area contributed by atoms with Crippen molar-refractivity contribution in [3.63, 3.8) is 0 Å². The van der Waals surface area contributed by atoms with Crippen LogP contribution in [0.15, 0.2) is 47.6 Å². The average molecular weight is 307 g/mol. The molecule has 3 N–H and O–H groups in total. The highest BCUT2D eigenvalue weighted by Crippen LogP contribution is 2.23. The minimum atomic E-state index is -3.78. The number of nitrogens with zero attached hydrogens (tertiary/aromatic N) is 1. The Balaban J connectivity index is 2.27. The van der Waals surface area contributed by atoms with E-state index in [4.69, 9.17) is 10.5 Å². The highest BCUT2D eigenvalue weighted by Gasteiger charge is 2.17. The molecule has 0 aliphatic heterocycles. The minimum absolute atomic E-state index is 0.00539. The fraction of sp³-hybridized carbons (Fsp3) is 0.214. The number of aromatic nitrogens is 1. The van der Waals surface area contributed by atoms with Gasteiger partial charge in [-0.15, -0.1) is 0 Å². The summed E-state index contributed by atoms with van der Waals surface area (Å²) in [7, 11) is -3.78. The zero-order chi connectivity index (χ0) is 15.5. The summed E-state index contributed by atoms with van der Waals surface area (Å²) in [6.45, 7) is 3.79. The van der Waals surface area contributed by atoms with Crippen molar-refractivity contribution in [2.75, 3.05) is 10.5 Å². The van der Waals surface area contributed by atoms with Crippen LogP contribution in [0, 0.1) is 0 Å². The molecule has 2 aromatic rings. The van der Waals surface area contributed by atoms with Gasteiger partial charge in [-0.25, -0.2) is 8.42 Å². The van der Waals surface area contributed by atoms with E-state index in [9.17, 15) is 8.42 Å². The highest BCUT2D eigenvalue weighted by atomic mass is 32.2. The van der Waals surface area contributed by atoms with Crippen molar-refractivity contribution in [1.82, 2.24) is 4.98 Å². The molecule has 0 saturated carbocycles. The lowest BCUT2D eigenvalue weighted by Gasteiger charge is -2.13. The Morgan fingerprint density at radius 1 is 1.29 bits per heavy atom. The number of benzene rings is 1. The molecule has 0 amide bonds. The first-order chi connectivity index (χ1) is 9.88. The molecular weight excluding hydrogens is 290 g/mol. The molecule has 0 fully saturated rings. The van der Waals surface area contributed by atoms with Crippen LogP contribution in [-0.2, 0) is 10.0 Å². The van der Waals surface area contributed by atoms with Gasteiger partial charge in [0.2, 0.25) is 0 Å². The molecule has 21 heavy (non-hydrogen) atoms. The number of hydrogen-bond donors (Lipinski definition) is 2. The van der Waals surface area contributed by atoms with Crippen LogP contribution in [0.2, 0.25) is 0 Å². The maximum Gasteiger partial charge on any atom is 0.265 e. The molecule has 112 valence electrons. The third-order valence-corrected chi connectivity index (χ3v) is 3.99. The standard InChI is InChI=1S/C14H17N3O3S/c1-10(2)20-12-5-3-4-11(8-12)17-21(18,19)14-9-16-7-6-13(14)15/h3-10,17H,1-2H3,(H2,15,16). The number of rotatable bonds is 5. The van der Waals surface area contributed by atoms with Crippen LogP contribution in [0.4, 0.5) is 11.4 Å². The molecule has 0 spiro atoms. The predicted octanol–water partition coefficient (Wildman–Crippen LogP) is 2.25. The monoisotopic (exact) mass is 307 g/mol. The van der Waals surface area contributed by atoms with Crippen LogP contribution in [0.5, 0.6) is 5.75 Å². The number of pyridine rings is 1. The molecule has 7 heteroatoms. The second-order valence-electron chi connectivity index (χ2n) is 4.71. The summed E-state index contributed by atoms with van der Waals surface area (Å²) in [5.41, 5.74) is 6.22. The second kappa shape index (κ2) is 6.01. The summed E-state index contributed by atoms with van der Waals surface area (Å²) < 4.78 is 32.6. The molecule has 6 nitrogen and oxygen atoms in total. The molecule has 0 atom stereocenters. The Bertz CT molecular complexity index is 730. The summed E-state index contributed by atoms with van der Waals surface area (Å²) in [6, 6.07) is 8.16. The Kier molecular flexibility index (Phi) is 4.32. The molecule has 2 rings (SSSR count). The number of ether oxygens (including phenoxy) is 1. The zero-order valence-corrected chi connectivity index (χ0v) is 12.6. The van der Waals surface area contributed by atoms with Crippen molar-refractivity contribution in [1.29, 1.82) is 0 Å². The molecule has 0 aliphatic rings. The summed E-state index contributed by atoms with van der Waals surface area (Å²) in [5.74, 6) is 0.587. The number of anilines is 2. The van der Waals surface area contributed by atoms with Crippen LogP contribution in [0.25, 0.3) is 0 Å². The minimum Gasteiger partial charge on any atom is -0.491 e. The van der Waals surface area contributed by atoms with Gasteiger partial charge < -0.3 is 10.5 Å². The van der Waals surface area contributed by atoms with E-state index >= 15 is 0 Å². The lowest BCUT2D eigenvalue weighted by molar-refractivity contribution is 0.242. The number of sulfonamides is 1. The van der Waals surface area contributed by atoms with Gasteiger partial charge in [-0.2, -0.15) is 0 Å². The number of nitrogen functional groups attached to an aromatic ring is 1. The van der Waals surface area contributed by atoms with Gasteiger partial charge in [0, 0.05) is 18.5 Å². The van der Waals surface area contributed by atoms with Gasteiger partial charge in [-0.1, -0.05) is 6.07 Å². The number of hydrogen-bond acceptors (Lipinski definition) is 5. The van der Waals surface area contributed by atoms with E-state index in [0.717, 1.165) is 0 Å². The van der Waals surface area contributed by atoms with E-state index in [0.29, 0.717) is 11.4 Å². The van der Waals surface area contributed by atoms with E-state index < -0.39 is 10.0 Å². The summed E-state index contributed by atoms with van der Waals surface area (Å²) >= 11 is 0. The first-order valence-corrected chi connectivity index (χ1v) is 7.86.